The van der Waals surface area contributed by atoms with Crippen molar-refractivity contribution >= 4 is 33.2 Å². The van der Waals surface area contributed by atoms with Gasteiger partial charge in [-0.1, -0.05) is 11.6 Å². The number of nitrogens with zero attached hydrogens (tertiary/aromatic N) is 1. The Morgan fingerprint density at radius 2 is 1.70 bits per heavy atom. The molecule has 1 saturated heterocycles. The van der Waals surface area contributed by atoms with E-state index in [1.807, 2.05) is 0 Å². The summed E-state index contributed by atoms with van der Waals surface area (Å²) in [4.78, 5) is 12.5. The summed E-state index contributed by atoms with van der Waals surface area (Å²) in [6.07, 6.45) is 0.788. The molecule has 1 spiro atoms. The Labute approximate surface area is 161 Å². The number of benzene rings is 2. The van der Waals surface area contributed by atoms with Gasteiger partial charge in [0.15, 0.2) is 0 Å². The maximum atomic E-state index is 13.1. The van der Waals surface area contributed by atoms with Crippen molar-refractivity contribution in [1.29, 1.82) is 0 Å². The second kappa shape index (κ2) is 6.47. The standard InChI is InChI=1S/C18H17ClFN3O3S/c19-12-1-6-15-16(11-12)21-18(22-17(15)24)7-9-23(10-8-18)27(25,26)14-4-2-13(20)3-5-14/h1-6,11,21H,7-10H2,(H,22,24). The molecule has 142 valence electrons. The number of sulfonamides is 1. The van der Waals surface area contributed by atoms with Crippen LogP contribution < -0.4 is 10.6 Å². The van der Waals surface area contributed by atoms with Crippen LogP contribution in [-0.4, -0.2) is 37.4 Å². The number of halogens is 2. The molecule has 1 fully saturated rings. The summed E-state index contributed by atoms with van der Waals surface area (Å²) in [5.74, 6) is -0.701. The van der Waals surface area contributed by atoms with Crippen LogP contribution in [0.2, 0.25) is 5.02 Å². The number of carbonyl (C=O) groups excluding carboxylic acids is 1. The van der Waals surface area contributed by atoms with E-state index in [1.165, 1.54) is 16.4 Å². The second-order valence-corrected chi connectivity index (χ2v) is 9.08. The Morgan fingerprint density at radius 3 is 2.37 bits per heavy atom. The first-order valence-electron chi connectivity index (χ1n) is 8.45. The molecule has 9 heteroatoms. The molecule has 2 heterocycles. The van der Waals surface area contributed by atoms with Gasteiger partial charge < -0.3 is 10.6 Å². The number of hydrogen-bond acceptors (Lipinski definition) is 4. The van der Waals surface area contributed by atoms with E-state index < -0.39 is 21.5 Å². The molecule has 2 aromatic carbocycles. The average Bonchev–Trinajstić information content (AvgIpc) is 2.62. The van der Waals surface area contributed by atoms with Crippen molar-refractivity contribution in [3.8, 4) is 0 Å². The molecule has 0 aromatic heterocycles. The van der Waals surface area contributed by atoms with Crippen LogP contribution in [0, 0.1) is 5.82 Å². The zero-order valence-corrected chi connectivity index (χ0v) is 15.8. The van der Waals surface area contributed by atoms with Crippen LogP contribution in [0.15, 0.2) is 47.4 Å². The Kier molecular flexibility index (Phi) is 4.37. The maximum Gasteiger partial charge on any atom is 0.255 e. The van der Waals surface area contributed by atoms with Gasteiger partial charge in [-0.2, -0.15) is 4.31 Å². The van der Waals surface area contributed by atoms with Crippen molar-refractivity contribution in [2.75, 3.05) is 18.4 Å². The Morgan fingerprint density at radius 1 is 1.04 bits per heavy atom. The number of rotatable bonds is 2. The highest BCUT2D eigenvalue weighted by Gasteiger charge is 2.42. The molecular formula is C18H17ClFN3O3S. The summed E-state index contributed by atoms with van der Waals surface area (Å²) < 4.78 is 39.9. The lowest BCUT2D eigenvalue weighted by Crippen LogP contribution is -2.62. The number of anilines is 1. The highest BCUT2D eigenvalue weighted by Crippen LogP contribution is 2.34. The molecule has 2 aliphatic rings. The number of piperidine rings is 1. The van der Waals surface area contributed by atoms with E-state index in [0.717, 1.165) is 12.1 Å². The van der Waals surface area contributed by atoms with Gasteiger partial charge in [-0.3, -0.25) is 4.79 Å². The third-order valence-electron chi connectivity index (χ3n) is 4.98. The molecule has 4 rings (SSSR count). The summed E-state index contributed by atoms with van der Waals surface area (Å²) in [6.45, 7) is 0.450. The van der Waals surface area contributed by atoms with Gasteiger partial charge in [0.1, 0.15) is 11.5 Å². The van der Waals surface area contributed by atoms with Crippen LogP contribution in [-0.2, 0) is 10.0 Å². The van der Waals surface area contributed by atoms with Gasteiger partial charge >= 0.3 is 0 Å². The van der Waals surface area contributed by atoms with E-state index in [0.29, 0.717) is 29.1 Å². The van der Waals surface area contributed by atoms with Gasteiger partial charge in [-0.15, -0.1) is 0 Å². The molecule has 6 nitrogen and oxygen atoms in total. The first kappa shape index (κ1) is 18.2. The molecule has 0 bridgehead atoms. The third-order valence-corrected chi connectivity index (χ3v) is 7.13. The normalized spacial score (nSPS) is 19.3. The summed E-state index contributed by atoms with van der Waals surface area (Å²) in [5, 5.41) is 6.79. The number of hydrogen-bond donors (Lipinski definition) is 2. The van der Waals surface area contributed by atoms with Crippen molar-refractivity contribution < 1.29 is 17.6 Å². The number of nitrogens with one attached hydrogen (secondary N) is 2. The Balaban J connectivity index is 1.54. The molecule has 0 aliphatic carbocycles. The van der Waals surface area contributed by atoms with Crippen LogP contribution in [0.1, 0.15) is 23.2 Å². The summed E-state index contributed by atoms with van der Waals surface area (Å²) in [7, 11) is -3.71. The molecule has 2 N–H and O–H groups in total. The van der Waals surface area contributed by atoms with Crippen LogP contribution in [0.5, 0.6) is 0 Å². The van der Waals surface area contributed by atoms with Gasteiger partial charge in [0, 0.05) is 31.0 Å². The molecule has 0 saturated carbocycles. The minimum absolute atomic E-state index is 0.0533. The van der Waals surface area contributed by atoms with Crippen molar-refractivity contribution in [3.63, 3.8) is 0 Å². The highest BCUT2D eigenvalue weighted by molar-refractivity contribution is 7.89. The van der Waals surface area contributed by atoms with Crippen LogP contribution >= 0.6 is 11.6 Å². The van der Waals surface area contributed by atoms with E-state index in [1.54, 1.807) is 18.2 Å². The van der Waals surface area contributed by atoms with Gasteiger partial charge in [0.25, 0.3) is 5.91 Å². The maximum absolute atomic E-state index is 13.1. The van der Waals surface area contributed by atoms with Gasteiger partial charge in [-0.05, 0) is 42.5 Å². The minimum atomic E-state index is -3.71. The van der Waals surface area contributed by atoms with Crippen LogP contribution in [0.25, 0.3) is 0 Å². The molecule has 2 aliphatic heterocycles. The zero-order valence-electron chi connectivity index (χ0n) is 14.2. The molecule has 0 radical (unpaired) electrons. The zero-order chi connectivity index (χ0) is 19.2. The predicted molar refractivity (Wildman–Crippen MR) is 99.7 cm³/mol. The monoisotopic (exact) mass is 409 g/mol. The first-order valence-corrected chi connectivity index (χ1v) is 10.3. The summed E-state index contributed by atoms with van der Waals surface area (Å²) >= 11 is 6.03. The van der Waals surface area contributed by atoms with Crippen molar-refractivity contribution in [2.45, 2.75) is 23.4 Å². The van der Waals surface area contributed by atoms with E-state index in [4.69, 9.17) is 11.6 Å². The lowest BCUT2D eigenvalue weighted by molar-refractivity contribution is 0.0865. The molecule has 1 amide bonds. The second-order valence-electron chi connectivity index (χ2n) is 6.71. The first-order chi connectivity index (χ1) is 12.8. The molecule has 27 heavy (non-hydrogen) atoms. The predicted octanol–water partition coefficient (Wildman–Crippen LogP) is 2.82. The van der Waals surface area contributed by atoms with Crippen molar-refractivity contribution in [3.05, 3.63) is 58.9 Å². The van der Waals surface area contributed by atoms with Gasteiger partial charge in [-0.25, -0.2) is 12.8 Å². The fraction of sp³-hybridized carbons (Fsp3) is 0.278. The molecule has 0 unspecified atom stereocenters. The average molecular weight is 410 g/mol. The lowest BCUT2D eigenvalue weighted by Gasteiger charge is -2.45. The van der Waals surface area contributed by atoms with E-state index in [2.05, 4.69) is 10.6 Å². The lowest BCUT2D eigenvalue weighted by atomic mass is 9.93. The van der Waals surface area contributed by atoms with Gasteiger partial charge in [0.2, 0.25) is 10.0 Å². The Bertz CT molecular complexity index is 1000. The number of carbonyl (C=O) groups is 1. The quantitative estimate of drug-likeness (QED) is 0.799. The largest absolute Gasteiger partial charge is 0.362 e. The Hall–Kier alpha value is -2.16. The summed E-state index contributed by atoms with van der Waals surface area (Å²) in [5.41, 5.74) is 0.427. The fourth-order valence-corrected chi connectivity index (χ4v) is 5.12. The van der Waals surface area contributed by atoms with Crippen LogP contribution in [0.4, 0.5) is 10.1 Å². The minimum Gasteiger partial charge on any atom is -0.362 e. The molecular weight excluding hydrogens is 393 g/mol. The highest BCUT2D eigenvalue weighted by atomic mass is 35.5. The van der Waals surface area contributed by atoms with Crippen molar-refractivity contribution in [1.82, 2.24) is 9.62 Å². The number of fused-ring (bicyclic) bond motifs is 1. The van der Waals surface area contributed by atoms with Crippen molar-refractivity contribution in [2.24, 2.45) is 0 Å². The summed E-state index contributed by atoms with van der Waals surface area (Å²) in [6, 6.07) is 9.77. The van der Waals surface area contributed by atoms with E-state index in [9.17, 15) is 17.6 Å². The topological polar surface area (TPSA) is 78.5 Å². The number of amides is 1. The SMILES string of the molecule is O=C1NC2(CCN(S(=O)(=O)c3ccc(F)cc3)CC2)Nc2cc(Cl)ccc21. The fourth-order valence-electron chi connectivity index (χ4n) is 3.51. The van der Waals surface area contributed by atoms with Gasteiger partial charge in [0.05, 0.1) is 16.1 Å². The smallest absolute Gasteiger partial charge is 0.255 e. The molecule has 2 aromatic rings. The van der Waals surface area contributed by atoms with E-state index in [-0.39, 0.29) is 23.9 Å². The molecule has 0 atom stereocenters. The third kappa shape index (κ3) is 3.28. The van der Waals surface area contributed by atoms with E-state index >= 15 is 0 Å². The van der Waals surface area contributed by atoms with Crippen LogP contribution in [0.3, 0.4) is 0 Å².